The minimum Gasteiger partial charge on any atom is -0.458 e. The fourth-order valence-electron chi connectivity index (χ4n) is 1.04. The zero-order valence-electron chi connectivity index (χ0n) is 11.1. The number of ether oxygens (including phenoxy) is 2. The molecule has 0 aromatic carbocycles. The number of aliphatic hydroxyl groups is 2. The van der Waals surface area contributed by atoms with Crippen LogP contribution < -0.4 is 0 Å². The monoisotopic (exact) mass is 272 g/mol. The lowest BCUT2D eigenvalue weighted by Crippen LogP contribution is -2.29. The Labute approximate surface area is 112 Å². The summed E-state index contributed by atoms with van der Waals surface area (Å²) in [6.07, 6.45) is -0.189. The van der Waals surface area contributed by atoms with E-state index in [1.807, 2.05) is 0 Å². The molecule has 0 saturated heterocycles. The Hall–Kier alpha value is -1.66. The van der Waals surface area contributed by atoms with Crippen LogP contribution in [0.3, 0.4) is 0 Å². The third kappa shape index (κ3) is 7.38. The third-order valence-electron chi connectivity index (χ3n) is 2.15. The molecular formula is C13H20O6. The normalized spacial score (nSPS) is 11.5. The molecule has 0 aliphatic rings. The Balaban J connectivity index is 4.13. The average Bonchev–Trinajstić information content (AvgIpc) is 2.39. The van der Waals surface area contributed by atoms with Gasteiger partial charge in [-0.05, 0) is 19.8 Å². The van der Waals surface area contributed by atoms with Crippen LogP contribution in [0.4, 0.5) is 0 Å². The van der Waals surface area contributed by atoms with Gasteiger partial charge in [0.2, 0.25) is 0 Å². The van der Waals surface area contributed by atoms with Crippen molar-refractivity contribution in [1.82, 2.24) is 0 Å². The lowest BCUT2D eigenvalue weighted by atomic mass is 10.2. The van der Waals surface area contributed by atoms with Crippen molar-refractivity contribution < 1.29 is 29.3 Å². The maximum absolute atomic E-state index is 11.4. The summed E-state index contributed by atoms with van der Waals surface area (Å²) in [7, 11) is 0. The molecule has 19 heavy (non-hydrogen) atoms. The Morgan fingerprint density at radius 3 is 2.32 bits per heavy atom. The second kappa shape index (κ2) is 9.29. The summed E-state index contributed by atoms with van der Waals surface area (Å²) in [6.45, 7) is 7.62. The van der Waals surface area contributed by atoms with Crippen LogP contribution >= 0.6 is 0 Å². The topological polar surface area (TPSA) is 93.1 Å². The van der Waals surface area contributed by atoms with E-state index in [1.165, 1.54) is 6.92 Å². The van der Waals surface area contributed by atoms with Crippen molar-refractivity contribution in [3.8, 4) is 0 Å². The minimum absolute atomic E-state index is 0.0399. The van der Waals surface area contributed by atoms with Crippen molar-refractivity contribution in [2.45, 2.75) is 25.9 Å². The molecule has 0 bridgehead atoms. The first-order valence-corrected chi connectivity index (χ1v) is 5.85. The van der Waals surface area contributed by atoms with Crippen molar-refractivity contribution in [3.05, 3.63) is 24.3 Å². The number of carbonyl (C=O) groups excluding carboxylic acids is 2. The third-order valence-corrected chi connectivity index (χ3v) is 2.15. The lowest BCUT2D eigenvalue weighted by Gasteiger charge is -2.16. The Kier molecular flexibility index (Phi) is 8.48. The maximum Gasteiger partial charge on any atom is 0.333 e. The highest BCUT2D eigenvalue weighted by Gasteiger charge is 2.17. The van der Waals surface area contributed by atoms with E-state index in [2.05, 4.69) is 13.2 Å². The molecule has 1 atom stereocenters. The molecule has 108 valence electrons. The van der Waals surface area contributed by atoms with Crippen LogP contribution in [0.25, 0.3) is 0 Å². The summed E-state index contributed by atoms with van der Waals surface area (Å²) in [4.78, 5) is 22.7. The number of carbonyl (C=O) groups is 2. The molecule has 2 N–H and O–H groups in total. The van der Waals surface area contributed by atoms with Crippen LogP contribution in [0.1, 0.15) is 19.8 Å². The Morgan fingerprint density at radius 2 is 1.84 bits per heavy atom. The van der Waals surface area contributed by atoms with Gasteiger partial charge >= 0.3 is 11.9 Å². The fourth-order valence-corrected chi connectivity index (χ4v) is 1.04. The molecule has 1 unspecified atom stereocenters. The molecule has 0 aliphatic heterocycles. The van der Waals surface area contributed by atoms with Crippen LogP contribution in [0.5, 0.6) is 0 Å². The maximum atomic E-state index is 11.4. The van der Waals surface area contributed by atoms with E-state index in [-0.39, 0.29) is 24.4 Å². The Morgan fingerprint density at radius 1 is 1.21 bits per heavy atom. The van der Waals surface area contributed by atoms with Gasteiger partial charge in [0.15, 0.2) is 6.10 Å². The predicted molar refractivity (Wildman–Crippen MR) is 68.2 cm³/mol. The molecule has 0 saturated carbocycles. The van der Waals surface area contributed by atoms with Gasteiger partial charge < -0.3 is 19.7 Å². The number of aliphatic hydroxyl groups excluding tert-OH is 2. The molecule has 6 heteroatoms. The predicted octanol–water partition coefficient (Wildman–Crippen LogP) is 0.338. The number of rotatable bonds is 9. The average molecular weight is 272 g/mol. The standard InChI is InChI=1S/C13H20O6/c1-9(2)12(16)19-11(7-15)8-18-13(17)10(3)5-4-6-14/h11,14-15H,1,3-8H2,2H3. The van der Waals surface area contributed by atoms with E-state index < -0.39 is 24.6 Å². The molecule has 0 amide bonds. The van der Waals surface area contributed by atoms with Crippen molar-refractivity contribution in [3.63, 3.8) is 0 Å². The van der Waals surface area contributed by atoms with Gasteiger partial charge in [0.05, 0.1) is 6.61 Å². The van der Waals surface area contributed by atoms with Crippen LogP contribution in [0.15, 0.2) is 24.3 Å². The van der Waals surface area contributed by atoms with Crippen LogP contribution in [-0.2, 0) is 19.1 Å². The van der Waals surface area contributed by atoms with Crippen LogP contribution in [-0.4, -0.2) is 48.1 Å². The number of esters is 2. The molecule has 6 nitrogen and oxygen atoms in total. The lowest BCUT2D eigenvalue weighted by molar-refractivity contribution is -0.156. The van der Waals surface area contributed by atoms with Crippen LogP contribution in [0, 0.1) is 0 Å². The molecule has 0 rings (SSSR count). The molecule has 0 heterocycles. The van der Waals surface area contributed by atoms with Crippen molar-refractivity contribution in [2.75, 3.05) is 19.8 Å². The van der Waals surface area contributed by atoms with Crippen molar-refractivity contribution in [2.24, 2.45) is 0 Å². The summed E-state index contributed by atoms with van der Waals surface area (Å²) in [5, 5.41) is 17.6. The molecule has 0 aliphatic carbocycles. The number of hydrogen-bond acceptors (Lipinski definition) is 6. The summed E-state index contributed by atoms with van der Waals surface area (Å²) in [5.41, 5.74) is 0.411. The summed E-state index contributed by atoms with van der Waals surface area (Å²) < 4.78 is 9.68. The van der Waals surface area contributed by atoms with Gasteiger partial charge in [-0.1, -0.05) is 13.2 Å². The SMILES string of the molecule is C=C(C)C(=O)OC(CO)COC(=O)C(=C)CCCO. The minimum atomic E-state index is -0.932. The molecule has 0 spiro atoms. The first-order valence-electron chi connectivity index (χ1n) is 5.85. The summed E-state index contributed by atoms with van der Waals surface area (Å²) >= 11 is 0. The van der Waals surface area contributed by atoms with E-state index >= 15 is 0 Å². The van der Waals surface area contributed by atoms with E-state index in [0.717, 1.165) is 0 Å². The molecular weight excluding hydrogens is 252 g/mol. The highest BCUT2D eigenvalue weighted by Crippen LogP contribution is 2.06. The second-order valence-corrected chi connectivity index (χ2v) is 4.02. The van der Waals surface area contributed by atoms with Gasteiger partial charge in [-0.3, -0.25) is 0 Å². The largest absolute Gasteiger partial charge is 0.458 e. The quantitative estimate of drug-likeness (QED) is 0.464. The zero-order valence-corrected chi connectivity index (χ0v) is 11.1. The molecule has 0 fully saturated rings. The smallest absolute Gasteiger partial charge is 0.333 e. The highest BCUT2D eigenvalue weighted by molar-refractivity contribution is 5.88. The van der Waals surface area contributed by atoms with Crippen molar-refractivity contribution in [1.29, 1.82) is 0 Å². The van der Waals surface area contributed by atoms with E-state index in [4.69, 9.17) is 19.7 Å². The van der Waals surface area contributed by atoms with Gasteiger partial charge in [-0.2, -0.15) is 0 Å². The summed E-state index contributed by atoms with van der Waals surface area (Å²) in [6, 6.07) is 0. The first-order chi connectivity index (χ1) is 8.92. The van der Waals surface area contributed by atoms with Crippen molar-refractivity contribution >= 4 is 11.9 Å². The van der Waals surface area contributed by atoms with Gasteiger partial charge in [-0.15, -0.1) is 0 Å². The van der Waals surface area contributed by atoms with E-state index in [0.29, 0.717) is 12.8 Å². The van der Waals surface area contributed by atoms with Gasteiger partial charge in [0.1, 0.15) is 6.61 Å². The molecule has 0 aromatic rings. The van der Waals surface area contributed by atoms with Gasteiger partial charge in [0, 0.05) is 17.8 Å². The van der Waals surface area contributed by atoms with E-state index in [9.17, 15) is 9.59 Å². The number of hydrogen-bond donors (Lipinski definition) is 2. The summed E-state index contributed by atoms with van der Waals surface area (Å²) in [5.74, 6) is -1.30. The Bertz CT molecular complexity index is 347. The van der Waals surface area contributed by atoms with Gasteiger partial charge in [-0.25, -0.2) is 9.59 Å². The van der Waals surface area contributed by atoms with Crippen LogP contribution in [0.2, 0.25) is 0 Å². The molecule has 0 radical (unpaired) electrons. The van der Waals surface area contributed by atoms with E-state index in [1.54, 1.807) is 0 Å². The highest BCUT2D eigenvalue weighted by atomic mass is 16.6. The second-order valence-electron chi connectivity index (χ2n) is 4.02. The zero-order chi connectivity index (χ0) is 14.8. The molecule has 0 aromatic heterocycles. The fraction of sp³-hybridized carbons (Fsp3) is 0.538. The van der Waals surface area contributed by atoms with Gasteiger partial charge in [0.25, 0.3) is 0 Å². The first kappa shape index (κ1) is 17.3.